The number of hydrogen-bond acceptors (Lipinski definition) is 5. The van der Waals surface area contributed by atoms with E-state index in [2.05, 4.69) is 0 Å². The summed E-state index contributed by atoms with van der Waals surface area (Å²) in [5.74, 6) is 0. The van der Waals surface area contributed by atoms with Crippen LogP contribution in [0.15, 0.2) is 41.7 Å². The third kappa shape index (κ3) is 2.17. The fourth-order valence-corrected chi connectivity index (χ4v) is 2.43. The van der Waals surface area contributed by atoms with E-state index in [1.165, 1.54) is 0 Å². The highest BCUT2D eigenvalue weighted by Gasteiger charge is 2.37. The van der Waals surface area contributed by atoms with E-state index in [0.717, 1.165) is 17.7 Å². The molecule has 5 nitrogen and oxygen atoms in total. The number of hydrazine groups is 1. The van der Waals surface area contributed by atoms with Crippen LogP contribution in [0.3, 0.4) is 0 Å². The summed E-state index contributed by atoms with van der Waals surface area (Å²) in [4.78, 5) is 11.4. The molecule has 0 aromatic heterocycles. The Morgan fingerprint density at radius 1 is 1.37 bits per heavy atom. The van der Waals surface area contributed by atoms with Crippen molar-refractivity contribution in [3.05, 3.63) is 41.7 Å². The van der Waals surface area contributed by atoms with Crippen molar-refractivity contribution in [1.29, 1.82) is 0 Å². The van der Waals surface area contributed by atoms with Crippen LogP contribution in [0.2, 0.25) is 0 Å². The number of likely N-dealkylation sites (N-methyl/N-ethyl adjacent to an activating group) is 1. The van der Waals surface area contributed by atoms with Crippen molar-refractivity contribution in [2.24, 2.45) is 5.73 Å². The van der Waals surface area contributed by atoms with Gasteiger partial charge in [0.2, 0.25) is 0 Å². The van der Waals surface area contributed by atoms with Crippen molar-refractivity contribution >= 4 is 12.0 Å². The Balaban J connectivity index is 2.42. The van der Waals surface area contributed by atoms with Gasteiger partial charge in [-0.15, -0.1) is 0 Å². The van der Waals surface area contributed by atoms with E-state index >= 15 is 0 Å². The van der Waals surface area contributed by atoms with Gasteiger partial charge < -0.3 is 15.3 Å². The van der Waals surface area contributed by atoms with Gasteiger partial charge in [0.25, 0.3) is 0 Å². The molecule has 1 aliphatic rings. The first kappa shape index (κ1) is 13.4. The number of nitrogens with two attached hydrogens (primary N) is 1. The predicted molar refractivity (Wildman–Crippen MR) is 74.2 cm³/mol. The summed E-state index contributed by atoms with van der Waals surface area (Å²) in [6.45, 7) is 1.91. The standard InChI is InChI=1S/C14H19N3O2/c1-10(19-3)14-13(15)12(9-18)17(16(14)2)11-7-5-4-6-8-11/h4-10,12H,15H2,1-3H3. The van der Waals surface area contributed by atoms with E-state index in [-0.39, 0.29) is 6.10 Å². The maximum Gasteiger partial charge on any atom is 0.150 e. The molecule has 1 aromatic rings. The number of methoxy groups -OCH3 is 1. The lowest BCUT2D eigenvalue weighted by Gasteiger charge is -2.33. The Morgan fingerprint density at radius 2 is 2.00 bits per heavy atom. The Hall–Kier alpha value is -2.01. The van der Waals surface area contributed by atoms with Crippen LogP contribution in [0, 0.1) is 0 Å². The SMILES string of the molecule is COC(C)C1=C(N)C(C=O)N(c2ccccc2)N1C. The number of anilines is 1. The van der Waals surface area contributed by atoms with E-state index in [1.54, 1.807) is 7.11 Å². The highest BCUT2D eigenvalue weighted by atomic mass is 16.5. The minimum absolute atomic E-state index is 0.166. The van der Waals surface area contributed by atoms with E-state index in [4.69, 9.17) is 10.5 Å². The molecule has 0 spiro atoms. The maximum absolute atomic E-state index is 11.4. The molecule has 0 saturated carbocycles. The summed E-state index contributed by atoms with van der Waals surface area (Å²) in [7, 11) is 3.51. The molecule has 0 aliphatic carbocycles. The molecule has 0 fully saturated rings. The first-order valence-electron chi connectivity index (χ1n) is 6.17. The van der Waals surface area contributed by atoms with Crippen LogP contribution in [0.5, 0.6) is 0 Å². The van der Waals surface area contributed by atoms with Crippen LogP contribution in [-0.2, 0) is 9.53 Å². The van der Waals surface area contributed by atoms with Crippen LogP contribution in [0.1, 0.15) is 6.92 Å². The number of carbonyl (C=O) groups is 1. The molecule has 0 saturated heterocycles. The van der Waals surface area contributed by atoms with Gasteiger partial charge in [-0.05, 0) is 19.1 Å². The quantitative estimate of drug-likeness (QED) is 0.823. The number of benzene rings is 1. The Morgan fingerprint density at radius 3 is 2.53 bits per heavy atom. The highest BCUT2D eigenvalue weighted by Crippen LogP contribution is 2.31. The van der Waals surface area contributed by atoms with E-state index < -0.39 is 6.04 Å². The normalized spacial score (nSPS) is 20.9. The topological polar surface area (TPSA) is 58.8 Å². The number of aldehydes is 1. The number of hydrogen-bond donors (Lipinski definition) is 1. The van der Waals surface area contributed by atoms with Gasteiger partial charge in [0.05, 0.1) is 23.2 Å². The van der Waals surface area contributed by atoms with Crippen molar-refractivity contribution in [2.45, 2.75) is 19.1 Å². The minimum atomic E-state index is -0.486. The number of para-hydroxylation sites is 1. The molecule has 0 amide bonds. The summed E-state index contributed by atoms with van der Waals surface area (Å²) in [5.41, 5.74) is 8.39. The lowest BCUT2D eigenvalue weighted by atomic mass is 10.1. The van der Waals surface area contributed by atoms with Gasteiger partial charge in [-0.1, -0.05) is 18.2 Å². The van der Waals surface area contributed by atoms with Crippen molar-refractivity contribution in [3.8, 4) is 0 Å². The van der Waals surface area contributed by atoms with Gasteiger partial charge in [-0.2, -0.15) is 0 Å². The minimum Gasteiger partial charge on any atom is -0.398 e. The monoisotopic (exact) mass is 261 g/mol. The third-order valence-electron chi connectivity index (χ3n) is 3.44. The Kier molecular flexibility index (Phi) is 3.76. The van der Waals surface area contributed by atoms with E-state index in [9.17, 15) is 4.79 Å². The smallest absolute Gasteiger partial charge is 0.150 e. The van der Waals surface area contributed by atoms with Crippen molar-refractivity contribution < 1.29 is 9.53 Å². The first-order chi connectivity index (χ1) is 9.11. The van der Waals surface area contributed by atoms with Crippen LogP contribution >= 0.6 is 0 Å². The largest absolute Gasteiger partial charge is 0.398 e. The van der Waals surface area contributed by atoms with E-state index in [0.29, 0.717) is 5.70 Å². The summed E-state index contributed by atoms with van der Waals surface area (Å²) >= 11 is 0. The van der Waals surface area contributed by atoms with Crippen molar-refractivity contribution in [1.82, 2.24) is 5.01 Å². The molecule has 0 radical (unpaired) electrons. The molecule has 2 rings (SSSR count). The van der Waals surface area contributed by atoms with Gasteiger partial charge in [-0.25, -0.2) is 0 Å². The van der Waals surface area contributed by atoms with Crippen LogP contribution in [-0.4, -0.2) is 37.6 Å². The fraction of sp³-hybridized carbons (Fsp3) is 0.357. The lowest BCUT2D eigenvalue weighted by molar-refractivity contribution is -0.108. The molecule has 1 heterocycles. The number of ether oxygens (including phenoxy) is 1. The second-order valence-electron chi connectivity index (χ2n) is 4.50. The van der Waals surface area contributed by atoms with Crippen LogP contribution in [0.4, 0.5) is 5.69 Å². The maximum atomic E-state index is 11.4. The Bertz CT molecular complexity index is 487. The molecule has 19 heavy (non-hydrogen) atoms. The average molecular weight is 261 g/mol. The number of rotatable bonds is 4. The van der Waals surface area contributed by atoms with Crippen LogP contribution < -0.4 is 10.7 Å². The summed E-state index contributed by atoms with van der Waals surface area (Å²) in [6.07, 6.45) is 0.690. The first-order valence-corrected chi connectivity index (χ1v) is 6.17. The van der Waals surface area contributed by atoms with Gasteiger partial charge in [-0.3, -0.25) is 10.0 Å². The summed E-state index contributed by atoms with van der Waals surface area (Å²) in [5, 5.41) is 3.76. The lowest BCUT2D eigenvalue weighted by Crippen LogP contribution is -2.43. The fourth-order valence-electron chi connectivity index (χ4n) is 2.43. The van der Waals surface area contributed by atoms with Crippen molar-refractivity contribution in [3.63, 3.8) is 0 Å². The second-order valence-corrected chi connectivity index (χ2v) is 4.50. The Labute approximate surface area is 113 Å². The molecule has 0 bridgehead atoms. The van der Waals surface area contributed by atoms with Gasteiger partial charge in [0, 0.05) is 14.2 Å². The van der Waals surface area contributed by atoms with Gasteiger partial charge >= 0.3 is 0 Å². The molecule has 1 aliphatic heterocycles. The predicted octanol–water partition coefficient (Wildman–Crippen LogP) is 1.13. The molecule has 2 N–H and O–H groups in total. The van der Waals surface area contributed by atoms with Gasteiger partial charge in [0.15, 0.2) is 6.29 Å². The van der Waals surface area contributed by atoms with E-state index in [1.807, 2.05) is 54.3 Å². The van der Waals surface area contributed by atoms with Crippen molar-refractivity contribution in [2.75, 3.05) is 19.2 Å². The molecule has 102 valence electrons. The average Bonchev–Trinajstić information content (AvgIpc) is 2.69. The zero-order chi connectivity index (χ0) is 14.0. The zero-order valence-corrected chi connectivity index (χ0v) is 11.4. The van der Waals surface area contributed by atoms with Gasteiger partial charge in [0.1, 0.15) is 6.04 Å². The second kappa shape index (κ2) is 5.32. The molecule has 2 unspecified atom stereocenters. The molecule has 5 heteroatoms. The van der Waals surface area contributed by atoms with Crippen LogP contribution in [0.25, 0.3) is 0 Å². The third-order valence-corrected chi connectivity index (χ3v) is 3.44. The number of carbonyl (C=O) groups excluding carboxylic acids is 1. The molecule has 2 atom stereocenters. The zero-order valence-electron chi connectivity index (χ0n) is 11.4. The number of nitrogens with zero attached hydrogens (tertiary/aromatic N) is 2. The molecular formula is C14H19N3O2. The summed E-state index contributed by atoms with van der Waals surface area (Å²) in [6, 6.07) is 9.20. The molecular weight excluding hydrogens is 242 g/mol. The summed E-state index contributed by atoms with van der Waals surface area (Å²) < 4.78 is 5.33. The molecule has 1 aromatic carbocycles. The highest BCUT2D eigenvalue weighted by molar-refractivity contribution is 5.73.